The number of ether oxygens (including phenoxy) is 2. The van der Waals surface area contributed by atoms with Crippen LogP contribution in [0.15, 0.2) is 0 Å². The third-order valence-electron chi connectivity index (χ3n) is 3.93. The van der Waals surface area contributed by atoms with Crippen molar-refractivity contribution >= 4 is 0 Å². The number of hydrogen-bond acceptors (Lipinski definition) is 4. The van der Waals surface area contributed by atoms with E-state index in [1.807, 2.05) is 7.11 Å². The maximum Gasteiger partial charge on any atom is 0.106 e. The van der Waals surface area contributed by atoms with Gasteiger partial charge >= 0.3 is 0 Å². The Hall–Kier alpha value is -0.160. The van der Waals surface area contributed by atoms with Gasteiger partial charge in [0.05, 0.1) is 6.61 Å². The Bertz CT molecular complexity index is 217. The average Bonchev–Trinajstić information content (AvgIpc) is 2.79. The van der Waals surface area contributed by atoms with Crippen LogP contribution in [0.1, 0.15) is 19.8 Å². The molecule has 2 aliphatic rings. The number of hydrogen-bond donors (Lipinski definition) is 1. The molecule has 0 aliphatic carbocycles. The number of methoxy groups -OCH3 is 1. The third kappa shape index (κ3) is 2.56. The smallest absolute Gasteiger partial charge is 0.106 e. The van der Waals surface area contributed by atoms with E-state index >= 15 is 0 Å². The molecule has 0 aromatic heterocycles. The van der Waals surface area contributed by atoms with E-state index in [-0.39, 0.29) is 5.60 Å². The number of rotatable bonds is 4. The van der Waals surface area contributed by atoms with Crippen LogP contribution in [0.4, 0.5) is 0 Å². The molecule has 2 saturated heterocycles. The van der Waals surface area contributed by atoms with Crippen LogP contribution < -0.4 is 5.32 Å². The average molecular weight is 228 g/mol. The van der Waals surface area contributed by atoms with Crippen LogP contribution in [0.3, 0.4) is 0 Å². The van der Waals surface area contributed by atoms with Crippen molar-refractivity contribution in [3.05, 3.63) is 0 Å². The van der Waals surface area contributed by atoms with Crippen LogP contribution in [-0.2, 0) is 9.47 Å². The van der Waals surface area contributed by atoms with E-state index in [0.29, 0.717) is 6.04 Å². The van der Waals surface area contributed by atoms with Crippen LogP contribution in [0.5, 0.6) is 0 Å². The fraction of sp³-hybridized carbons (Fsp3) is 1.00. The minimum Gasteiger partial charge on any atom is -0.378 e. The first-order valence-electron chi connectivity index (χ1n) is 6.37. The SMILES string of the molecule is CCC1CNCCN1CC1(OC)CCOC1. The first-order valence-corrected chi connectivity index (χ1v) is 6.37. The topological polar surface area (TPSA) is 33.7 Å². The van der Waals surface area contributed by atoms with Gasteiger partial charge in [-0.15, -0.1) is 0 Å². The Labute approximate surface area is 98.3 Å². The van der Waals surface area contributed by atoms with E-state index in [2.05, 4.69) is 17.1 Å². The number of nitrogens with one attached hydrogen (secondary N) is 1. The second-order valence-electron chi connectivity index (χ2n) is 4.93. The highest BCUT2D eigenvalue weighted by Crippen LogP contribution is 2.25. The summed E-state index contributed by atoms with van der Waals surface area (Å²) >= 11 is 0. The normalized spacial score (nSPS) is 36.8. The van der Waals surface area contributed by atoms with Crippen molar-refractivity contribution in [3.63, 3.8) is 0 Å². The molecule has 4 heteroatoms. The molecule has 2 atom stereocenters. The van der Waals surface area contributed by atoms with Crippen molar-refractivity contribution in [3.8, 4) is 0 Å². The predicted octanol–water partition coefficient (Wildman–Crippen LogP) is 0.476. The summed E-state index contributed by atoms with van der Waals surface area (Å²) in [7, 11) is 1.82. The fourth-order valence-corrected chi connectivity index (χ4v) is 2.72. The van der Waals surface area contributed by atoms with Gasteiger partial charge in [-0.1, -0.05) is 6.92 Å². The zero-order chi connectivity index (χ0) is 11.4. The van der Waals surface area contributed by atoms with Crippen LogP contribution in [0, 0.1) is 0 Å². The van der Waals surface area contributed by atoms with Gasteiger partial charge in [-0.25, -0.2) is 0 Å². The van der Waals surface area contributed by atoms with Crippen LogP contribution >= 0.6 is 0 Å². The zero-order valence-electron chi connectivity index (χ0n) is 10.5. The molecule has 2 aliphatic heterocycles. The van der Waals surface area contributed by atoms with E-state index in [1.165, 1.54) is 6.42 Å². The summed E-state index contributed by atoms with van der Waals surface area (Å²) in [5.74, 6) is 0. The van der Waals surface area contributed by atoms with Gasteiger partial charge in [0.25, 0.3) is 0 Å². The molecule has 2 unspecified atom stereocenters. The van der Waals surface area contributed by atoms with Gasteiger partial charge in [-0.3, -0.25) is 4.90 Å². The minimum atomic E-state index is -0.0508. The highest BCUT2D eigenvalue weighted by atomic mass is 16.5. The number of nitrogens with zero attached hydrogens (tertiary/aromatic N) is 1. The number of piperazine rings is 1. The maximum atomic E-state index is 5.71. The monoisotopic (exact) mass is 228 g/mol. The first kappa shape index (κ1) is 12.3. The van der Waals surface area contributed by atoms with E-state index in [1.54, 1.807) is 0 Å². The summed E-state index contributed by atoms with van der Waals surface area (Å²) in [5.41, 5.74) is -0.0508. The van der Waals surface area contributed by atoms with Gasteiger partial charge in [0.1, 0.15) is 5.60 Å². The molecule has 0 aromatic rings. The lowest BCUT2D eigenvalue weighted by atomic mass is 10.00. The quantitative estimate of drug-likeness (QED) is 0.758. The highest BCUT2D eigenvalue weighted by Gasteiger charge is 2.38. The fourth-order valence-electron chi connectivity index (χ4n) is 2.72. The van der Waals surface area contributed by atoms with Gasteiger partial charge in [-0.2, -0.15) is 0 Å². The van der Waals surface area contributed by atoms with Crippen molar-refractivity contribution < 1.29 is 9.47 Å². The molecule has 0 saturated carbocycles. The summed E-state index contributed by atoms with van der Waals surface area (Å²) in [5, 5.41) is 3.46. The molecular formula is C12H24N2O2. The van der Waals surface area contributed by atoms with Crippen molar-refractivity contribution in [1.82, 2.24) is 10.2 Å². The molecule has 2 heterocycles. The summed E-state index contributed by atoms with van der Waals surface area (Å²) in [6.45, 7) is 8.21. The van der Waals surface area contributed by atoms with Crippen molar-refractivity contribution in [2.75, 3.05) is 46.5 Å². The first-order chi connectivity index (χ1) is 7.79. The molecule has 2 rings (SSSR count). The Morgan fingerprint density at radius 2 is 2.44 bits per heavy atom. The highest BCUT2D eigenvalue weighted by molar-refractivity contribution is 4.91. The Kier molecular flexibility index (Phi) is 4.19. The summed E-state index contributed by atoms with van der Waals surface area (Å²) in [4.78, 5) is 2.56. The van der Waals surface area contributed by atoms with Gasteiger partial charge in [-0.05, 0) is 6.42 Å². The summed E-state index contributed by atoms with van der Waals surface area (Å²) < 4.78 is 11.2. The largest absolute Gasteiger partial charge is 0.378 e. The summed E-state index contributed by atoms with van der Waals surface area (Å²) in [6.07, 6.45) is 2.23. The third-order valence-corrected chi connectivity index (χ3v) is 3.93. The molecule has 0 amide bonds. The van der Waals surface area contributed by atoms with Crippen molar-refractivity contribution in [2.45, 2.75) is 31.4 Å². The van der Waals surface area contributed by atoms with E-state index < -0.39 is 0 Å². The van der Waals surface area contributed by atoms with E-state index in [0.717, 1.165) is 45.8 Å². The minimum absolute atomic E-state index is 0.0508. The van der Waals surface area contributed by atoms with Crippen LogP contribution in [-0.4, -0.2) is 63.0 Å². The molecule has 0 spiro atoms. The molecular weight excluding hydrogens is 204 g/mol. The zero-order valence-corrected chi connectivity index (χ0v) is 10.5. The maximum absolute atomic E-state index is 5.71. The second kappa shape index (κ2) is 5.45. The molecule has 94 valence electrons. The summed E-state index contributed by atoms with van der Waals surface area (Å²) in [6, 6.07) is 0.654. The van der Waals surface area contributed by atoms with Crippen LogP contribution in [0.25, 0.3) is 0 Å². The lowest BCUT2D eigenvalue weighted by Gasteiger charge is -2.40. The molecule has 0 radical (unpaired) electrons. The van der Waals surface area contributed by atoms with Gasteiger partial charge in [0, 0.05) is 52.4 Å². The molecule has 16 heavy (non-hydrogen) atoms. The van der Waals surface area contributed by atoms with Crippen LogP contribution in [0.2, 0.25) is 0 Å². The van der Waals surface area contributed by atoms with Gasteiger partial charge < -0.3 is 14.8 Å². The molecule has 2 fully saturated rings. The Morgan fingerprint density at radius 1 is 1.56 bits per heavy atom. The van der Waals surface area contributed by atoms with Gasteiger partial charge in [0.15, 0.2) is 0 Å². The Balaban J connectivity index is 1.95. The lowest BCUT2D eigenvalue weighted by molar-refractivity contribution is -0.0519. The van der Waals surface area contributed by atoms with Gasteiger partial charge in [0.2, 0.25) is 0 Å². The standard InChI is InChI=1S/C12H24N2O2/c1-3-11-8-13-5-6-14(11)9-12(15-2)4-7-16-10-12/h11,13H,3-10H2,1-2H3. The molecule has 0 aromatic carbocycles. The van der Waals surface area contributed by atoms with Crippen molar-refractivity contribution in [1.29, 1.82) is 0 Å². The molecule has 4 nitrogen and oxygen atoms in total. The molecule has 0 bridgehead atoms. The predicted molar refractivity (Wildman–Crippen MR) is 63.7 cm³/mol. The van der Waals surface area contributed by atoms with Crippen molar-refractivity contribution in [2.24, 2.45) is 0 Å². The lowest BCUT2D eigenvalue weighted by Crippen LogP contribution is -2.56. The Morgan fingerprint density at radius 3 is 3.06 bits per heavy atom. The van der Waals surface area contributed by atoms with E-state index in [4.69, 9.17) is 9.47 Å². The second-order valence-corrected chi connectivity index (χ2v) is 4.93. The van der Waals surface area contributed by atoms with E-state index in [9.17, 15) is 0 Å². The molecule has 1 N–H and O–H groups in total.